The maximum absolute atomic E-state index is 13.5. The molecule has 2 aromatic rings. The zero-order valence-corrected chi connectivity index (χ0v) is 24.1. The van der Waals surface area contributed by atoms with E-state index in [2.05, 4.69) is 22.0 Å². The first-order valence-corrected chi connectivity index (χ1v) is 15.4. The van der Waals surface area contributed by atoms with Crippen LogP contribution in [0.25, 0.3) is 0 Å². The monoisotopic (exact) mass is 577 g/mol. The molecule has 5 heterocycles. The van der Waals surface area contributed by atoms with Crippen molar-refractivity contribution in [2.24, 2.45) is 5.92 Å². The number of carbonyl (C=O) groups is 5. The molecular weight excluding hydrogens is 542 g/mol. The fourth-order valence-corrected chi connectivity index (χ4v) is 7.37. The van der Waals surface area contributed by atoms with Crippen molar-refractivity contribution >= 4 is 46.6 Å². The summed E-state index contributed by atoms with van der Waals surface area (Å²) in [4.78, 5) is 73.3. The average Bonchev–Trinajstić information content (AvgIpc) is 3.57. The third-order valence-electron chi connectivity index (χ3n) is 8.80. The van der Waals surface area contributed by atoms with Crippen LogP contribution < -0.4 is 10.2 Å². The van der Waals surface area contributed by atoms with Gasteiger partial charge in [-0.2, -0.15) is 0 Å². The zero-order valence-electron chi connectivity index (χ0n) is 23.3. The summed E-state index contributed by atoms with van der Waals surface area (Å²) < 4.78 is 0. The van der Waals surface area contributed by atoms with Crippen molar-refractivity contribution in [1.82, 2.24) is 20.0 Å². The SMILES string of the molecule is CCc1ccc(C(=O)N2CCN(CC3CCN(c4cccc5c4C(=O)N(C4CCC(=O)NC4=O)C5=O)CC3)CC2)s1. The molecule has 4 aliphatic rings. The van der Waals surface area contributed by atoms with E-state index < -0.39 is 23.8 Å². The summed E-state index contributed by atoms with van der Waals surface area (Å²) in [7, 11) is 0. The normalized spacial score (nSPS) is 22.4. The van der Waals surface area contributed by atoms with Crippen LogP contribution in [0, 0.1) is 5.92 Å². The van der Waals surface area contributed by atoms with Crippen LogP contribution in [0.15, 0.2) is 30.3 Å². The highest BCUT2D eigenvalue weighted by Gasteiger charge is 2.46. The number of piperidine rings is 2. The van der Waals surface area contributed by atoms with Crippen LogP contribution in [-0.2, 0) is 16.0 Å². The van der Waals surface area contributed by atoms with E-state index in [-0.39, 0.29) is 24.7 Å². The Morgan fingerprint density at radius 1 is 0.927 bits per heavy atom. The third-order valence-corrected chi connectivity index (χ3v) is 10.0. The molecule has 0 aliphatic carbocycles. The van der Waals surface area contributed by atoms with E-state index in [4.69, 9.17) is 0 Å². The number of hydrogen-bond acceptors (Lipinski definition) is 8. The lowest BCUT2D eigenvalue weighted by atomic mass is 9.94. The van der Waals surface area contributed by atoms with E-state index >= 15 is 0 Å². The molecule has 4 aliphatic heterocycles. The summed E-state index contributed by atoms with van der Waals surface area (Å²) in [6.07, 6.45) is 3.14. The summed E-state index contributed by atoms with van der Waals surface area (Å²) in [6, 6.07) is 8.35. The van der Waals surface area contributed by atoms with Crippen molar-refractivity contribution in [2.45, 2.75) is 45.1 Å². The number of anilines is 1. The lowest BCUT2D eigenvalue weighted by Gasteiger charge is -2.39. The molecule has 1 aromatic carbocycles. The number of aryl methyl sites for hydroxylation is 1. The maximum atomic E-state index is 13.5. The molecule has 216 valence electrons. The number of nitrogens with zero attached hydrogens (tertiary/aromatic N) is 4. The molecule has 1 unspecified atom stereocenters. The Kier molecular flexibility index (Phi) is 7.65. The van der Waals surface area contributed by atoms with E-state index in [1.54, 1.807) is 23.5 Å². The number of carbonyl (C=O) groups excluding carboxylic acids is 5. The van der Waals surface area contributed by atoms with Crippen LogP contribution >= 0.6 is 11.3 Å². The highest BCUT2D eigenvalue weighted by atomic mass is 32.1. The lowest BCUT2D eigenvalue weighted by molar-refractivity contribution is -0.136. The summed E-state index contributed by atoms with van der Waals surface area (Å²) in [5.41, 5.74) is 1.42. The highest BCUT2D eigenvalue weighted by Crippen LogP contribution is 2.36. The average molecular weight is 578 g/mol. The summed E-state index contributed by atoms with van der Waals surface area (Å²) >= 11 is 1.60. The van der Waals surface area contributed by atoms with Crippen LogP contribution in [-0.4, -0.2) is 96.1 Å². The molecule has 10 nitrogen and oxygen atoms in total. The van der Waals surface area contributed by atoms with Gasteiger partial charge in [-0.25, -0.2) is 0 Å². The quantitative estimate of drug-likeness (QED) is 0.525. The summed E-state index contributed by atoms with van der Waals surface area (Å²) in [6.45, 7) is 7.87. The van der Waals surface area contributed by atoms with Gasteiger partial charge in [0, 0.05) is 57.1 Å². The molecule has 5 amide bonds. The van der Waals surface area contributed by atoms with Crippen LogP contribution in [0.4, 0.5) is 5.69 Å². The van der Waals surface area contributed by atoms with Gasteiger partial charge in [0.1, 0.15) is 6.04 Å². The van der Waals surface area contributed by atoms with E-state index in [1.165, 1.54) is 4.88 Å². The van der Waals surface area contributed by atoms with Gasteiger partial charge in [-0.1, -0.05) is 13.0 Å². The van der Waals surface area contributed by atoms with Crippen molar-refractivity contribution in [3.05, 3.63) is 51.2 Å². The minimum Gasteiger partial charge on any atom is -0.371 e. The van der Waals surface area contributed by atoms with Crippen LogP contribution in [0.2, 0.25) is 0 Å². The molecule has 0 radical (unpaired) electrons. The fraction of sp³-hybridized carbons (Fsp3) is 0.500. The standard InChI is InChI=1S/C30H35N5O5S/c1-2-20-6-8-24(41-20)29(39)34-16-14-32(15-17-34)18-19-10-12-33(13-11-19)22-5-3-4-21-26(22)30(40)35(28(21)38)23-7-9-25(36)31-27(23)37/h3-6,8,19,23H,2,7,9-18H2,1H3,(H,31,36,37). The Morgan fingerprint density at radius 2 is 1.68 bits per heavy atom. The highest BCUT2D eigenvalue weighted by molar-refractivity contribution is 7.14. The molecule has 0 saturated carbocycles. The Morgan fingerprint density at radius 3 is 2.37 bits per heavy atom. The maximum Gasteiger partial charge on any atom is 0.264 e. The van der Waals surface area contributed by atoms with Gasteiger partial charge >= 0.3 is 0 Å². The molecule has 41 heavy (non-hydrogen) atoms. The van der Waals surface area contributed by atoms with E-state index in [9.17, 15) is 24.0 Å². The largest absolute Gasteiger partial charge is 0.371 e. The van der Waals surface area contributed by atoms with Gasteiger partial charge in [0.25, 0.3) is 17.7 Å². The van der Waals surface area contributed by atoms with Crippen molar-refractivity contribution < 1.29 is 24.0 Å². The van der Waals surface area contributed by atoms with Crippen molar-refractivity contribution in [1.29, 1.82) is 0 Å². The first-order valence-electron chi connectivity index (χ1n) is 14.5. The molecule has 6 rings (SSSR count). The molecule has 11 heteroatoms. The Hall–Kier alpha value is -3.57. The Labute approximate surface area is 243 Å². The van der Waals surface area contributed by atoms with Gasteiger partial charge in [-0.05, 0) is 55.9 Å². The van der Waals surface area contributed by atoms with Gasteiger partial charge < -0.3 is 9.80 Å². The predicted molar refractivity (Wildman–Crippen MR) is 154 cm³/mol. The predicted octanol–water partition coefficient (Wildman–Crippen LogP) is 2.39. The minimum atomic E-state index is -0.964. The number of piperazine rings is 1. The number of fused-ring (bicyclic) bond motifs is 1. The number of amides is 5. The van der Waals surface area contributed by atoms with E-state index in [1.807, 2.05) is 23.1 Å². The first-order chi connectivity index (χ1) is 19.8. The smallest absolute Gasteiger partial charge is 0.264 e. The van der Waals surface area contributed by atoms with Crippen LogP contribution in [0.3, 0.4) is 0 Å². The van der Waals surface area contributed by atoms with Gasteiger partial charge in [0.2, 0.25) is 11.8 Å². The summed E-state index contributed by atoms with van der Waals surface area (Å²) in [5.74, 6) is -1.25. The van der Waals surface area contributed by atoms with Gasteiger partial charge in [-0.3, -0.25) is 39.1 Å². The molecule has 1 N–H and O–H groups in total. The second-order valence-electron chi connectivity index (χ2n) is 11.3. The lowest BCUT2D eigenvalue weighted by Crippen LogP contribution is -2.54. The van der Waals surface area contributed by atoms with Crippen molar-refractivity contribution in [3.63, 3.8) is 0 Å². The molecule has 0 bridgehead atoms. The van der Waals surface area contributed by atoms with E-state index in [0.717, 1.165) is 80.5 Å². The number of rotatable bonds is 6. The van der Waals surface area contributed by atoms with Crippen molar-refractivity contribution in [2.75, 3.05) is 50.7 Å². The molecule has 3 saturated heterocycles. The molecule has 3 fully saturated rings. The Balaban J connectivity index is 1.04. The second-order valence-corrected chi connectivity index (χ2v) is 12.5. The number of benzene rings is 1. The van der Waals surface area contributed by atoms with Crippen LogP contribution in [0.1, 0.15) is 67.9 Å². The molecule has 0 spiro atoms. The minimum absolute atomic E-state index is 0.101. The molecule has 1 atom stereocenters. The Bertz CT molecular complexity index is 1390. The van der Waals surface area contributed by atoms with Gasteiger partial charge in [0.15, 0.2) is 0 Å². The second kappa shape index (κ2) is 11.4. The molecule has 1 aromatic heterocycles. The first kappa shape index (κ1) is 27.6. The fourth-order valence-electron chi connectivity index (χ4n) is 6.45. The number of nitrogens with one attached hydrogen (secondary N) is 1. The topological polar surface area (TPSA) is 110 Å². The van der Waals surface area contributed by atoms with Gasteiger partial charge in [-0.15, -0.1) is 11.3 Å². The van der Waals surface area contributed by atoms with Crippen molar-refractivity contribution in [3.8, 4) is 0 Å². The zero-order chi connectivity index (χ0) is 28.7. The number of thiophene rings is 1. The third kappa shape index (κ3) is 5.28. The van der Waals surface area contributed by atoms with E-state index in [0.29, 0.717) is 17.0 Å². The molecular formula is C30H35N5O5S. The number of imide groups is 2. The summed E-state index contributed by atoms with van der Waals surface area (Å²) in [5, 5.41) is 2.25. The van der Waals surface area contributed by atoms with Gasteiger partial charge in [0.05, 0.1) is 21.7 Å². The van der Waals surface area contributed by atoms with Crippen LogP contribution in [0.5, 0.6) is 0 Å². The number of hydrogen-bond donors (Lipinski definition) is 1.